The van der Waals surface area contributed by atoms with E-state index in [0.29, 0.717) is 5.92 Å². The molecule has 0 saturated heterocycles. The van der Waals surface area contributed by atoms with Crippen LogP contribution in [0, 0.1) is 19.8 Å². The summed E-state index contributed by atoms with van der Waals surface area (Å²) in [6.45, 7) is 9.25. The third-order valence-electron chi connectivity index (χ3n) is 3.32. The molecule has 0 fully saturated rings. The van der Waals surface area contributed by atoms with Crippen LogP contribution in [-0.4, -0.2) is 16.5 Å². The van der Waals surface area contributed by atoms with Gasteiger partial charge in [0.05, 0.1) is 0 Å². The molecule has 2 aromatic rings. The number of aryl methyl sites for hydroxylation is 2. The normalized spacial score (nSPS) is 10.8. The van der Waals surface area contributed by atoms with Gasteiger partial charge in [-0.05, 0) is 49.9 Å². The first-order valence-electron chi connectivity index (χ1n) is 7.57. The highest BCUT2D eigenvalue weighted by atomic mass is 35.5. The molecule has 0 spiro atoms. The van der Waals surface area contributed by atoms with E-state index in [2.05, 4.69) is 34.4 Å². The van der Waals surface area contributed by atoms with Crippen LogP contribution < -0.4 is 10.6 Å². The Morgan fingerprint density at radius 3 is 2.50 bits per heavy atom. The van der Waals surface area contributed by atoms with E-state index in [4.69, 9.17) is 11.6 Å². The van der Waals surface area contributed by atoms with Crippen molar-refractivity contribution in [2.24, 2.45) is 5.92 Å². The maximum absolute atomic E-state index is 5.99. The van der Waals surface area contributed by atoms with Gasteiger partial charge in [0.1, 0.15) is 17.5 Å². The number of anilines is 3. The third-order valence-corrected chi connectivity index (χ3v) is 3.55. The van der Waals surface area contributed by atoms with Crippen LogP contribution in [-0.2, 0) is 0 Å². The number of nitrogens with one attached hydrogen (secondary N) is 2. The Hall–Kier alpha value is -1.81. The van der Waals surface area contributed by atoms with Crippen molar-refractivity contribution in [3.8, 4) is 0 Å². The molecule has 22 heavy (non-hydrogen) atoms. The van der Waals surface area contributed by atoms with Gasteiger partial charge in [-0.15, -0.1) is 0 Å². The van der Waals surface area contributed by atoms with Gasteiger partial charge in [-0.3, -0.25) is 0 Å². The fourth-order valence-corrected chi connectivity index (χ4v) is 2.34. The van der Waals surface area contributed by atoms with Crippen LogP contribution in [0.25, 0.3) is 0 Å². The van der Waals surface area contributed by atoms with Gasteiger partial charge in [0.25, 0.3) is 0 Å². The van der Waals surface area contributed by atoms with Gasteiger partial charge in [-0.1, -0.05) is 25.4 Å². The molecule has 2 rings (SSSR count). The lowest BCUT2D eigenvalue weighted by molar-refractivity contribution is 0.606. The molecule has 0 aliphatic carbocycles. The minimum absolute atomic E-state index is 0.671. The fraction of sp³-hybridized carbons (Fsp3) is 0.412. The molecule has 0 atom stereocenters. The predicted molar refractivity (Wildman–Crippen MR) is 94.2 cm³/mol. The molecule has 2 N–H and O–H groups in total. The van der Waals surface area contributed by atoms with E-state index in [1.165, 1.54) is 0 Å². The predicted octanol–water partition coefficient (Wildman–Crippen LogP) is 4.95. The van der Waals surface area contributed by atoms with Crippen LogP contribution in [0.15, 0.2) is 24.3 Å². The fourth-order valence-electron chi connectivity index (χ4n) is 2.12. The van der Waals surface area contributed by atoms with Crippen LogP contribution in [0.3, 0.4) is 0 Å². The average Bonchev–Trinajstić information content (AvgIpc) is 2.41. The van der Waals surface area contributed by atoms with Gasteiger partial charge in [0.2, 0.25) is 0 Å². The van der Waals surface area contributed by atoms with Crippen molar-refractivity contribution in [1.82, 2.24) is 9.97 Å². The highest BCUT2D eigenvalue weighted by Crippen LogP contribution is 2.23. The van der Waals surface area contributed by atoms with Gasteiger partial charge in [0.15, 0.2) is 0 Å². The average molecular weight is 319 g/mol. The van der Waals surface area contributed by atoms with Gasteiger partial charge in [-0.2, -0.15) is 0 Å². The van der Waals surface area contributed by atoms with E-state index >= 15 is 0 Å². The molecule has 0 aliphatic heterocycles. The minimum Gasteiger partial charge on any atom is -0.370 e. The number of hydrogen-bond acceptors (Lipinski definition) is 4. The van der Waals surface area contributed by atoms with E-state index in [1.54, 1.807) is 0 Å². The molecule has 1 aromatic carbocycles. The summed E-state index contributed by atoms with van der Waals surface area (Å²) in [5, 5.41) is 7.42. The van der Waals surface area contributed by atoms with Crippen molar-refractivity contribution in [2.45, 2.75) is 34.1 Å². The van der Waals surface area contributed by atoms with E-state index < -0.39 is 0 Å². The first-order valence-corrected chi connectivity index (χ1v) is 7.94. The molecule has 0 radical (unpaired) electrons. The molecule has 0 aliphatic rings. The van der Waals surface area contributed by atoms with Gasteiger partial charge < -0.3 is 10.6 Å². The Bertz CT molecular complexity index is 641. The van der Waals surface area contributed by atoms with Crippen molar-refractivity contribution in [3.63, 3.8) is 0 Å². The Balaban J connectivity index is 2.12. The number of rotatable bonds is 6. The summed E-state index contributed by atoms with van der Waals surface area (Å²) < 4.78 is 0. The van der Waals surface area contributed by atoms with Crippen molar-refractivity contribution < 1.29 is 0 Å². The molecule has 118 valence electrons. The zero-order valence-electron chi connectivity index (χ0n) is 13.6. The van der Waals surface area contributed by atoms with Crippen LogP contribution >= 0.6 is 11.6 Å². The minimum atomic E-state index is 0.671. The second kappa shape index (κ2) is 7.45. The summed E-state index contributed by atoms with van der Waals surface area (Å²) >= 11 is 5.99. The number of nitrogens with zero attached hydrogens (tertiary/aromatic N) is 2. The largest absolute Gasteiger partial charge is 0.370 e. The monoisotopic (exact) mass is 318 g/mol. The third kappa shape index (κ3) is 4.88. The molecule has 0 bridgehead atoms. The highest BCUT2D eigenvalue weighted by molar-refractivity contribution is 6.30. The molecular weight excluding hydrogens is 296 g/mol. The van der Waals surface area contributed by atoms with Crippen LogP contribution in [0.1, 0.15) is 31.7 Å². The summed E-state index contributed by atoms with van der Waals surface area (Å²) in [4.78, 5) is 8.87. The Labute approximate surface area is 137 Å². The molecule has 4 nitrogen and oxygen atoms in total. The quantitative estimate of drug-likeness (QED) is 0.791. The summed E-state index contributed by atoms with van der Waals surface area (Å²) in [7, 11) is 0. The zero-order valence-corrected chi connectivity index (χ0v) is 14.3. The number of hydrogen-bond donors (Lipinski definition) is 2. The Morgan fingerprint density at radius 1 is 1.09 bits per heavy atom. The van der Waals surface area contributed by atoms with Gasteiger partial charge in [-0.25, -0.2) is 9.97 Å². The molecular formula is C17H23ClN4. The Morgan fingerprint density at radius 2 is 1.82 bits per heavy atom. The number of halogens is 1. The second-order valence-corrected chi connectivity index (χ2v) is 6.32. The van der Waals surface area contributed by atoms with Crippen molar-refractivity contribution >= 4 is 28.9 Å². The van der Waals surface area contributed by atoms with Crippen LogP contribution in [0.4, 0.5) is 17.3 Å². The zero-order chi connectivity index (χ0) is 16.1. The summed E-state index contributed by atoms with van der Waals surface area (Å²) in [6.07, 6.45) is 1.11. The SMILES string of the molecule is Cc1nc(NCCC(C)C)cc(Nc2ccc(Cl)cc2C)n1. The smallest absolute Gasteiger partial charge is 0.136 e. The van der Waals surface area contributed by atoms with Crippen molar-refractivity contribution in [3.05, 3.63) is 40.7 Å². The molecule has 0 amide bonds. The summed E-state index contributed by atoms with van der Waals surface area (Å²) in [6, 6.07) is 7.69. The van der Waals surface area contributed by atoms with Crippen LogP contribution in [0.2, 0.25) is 5.02 Å². The molecule has 0 unspecified atom stereocenters. The van der Waals surface area contributed by atoms with Crippen molar-refractivity contribution in [2.75, 3.05) is 17.2 Å². The standard InChI is InChI=1S/C17H23ClN4/c1-11(2)7-8-19-16-10-17(21-13(4)20-16)22-15-6-5-14(18)9-12(15)3/h5-6,9-11H,7-8H2,1-4H3,(H2,19,20,21,22). The van der Waals surface area contributed by atoms with E-state index in [1.807, 2.05) is 38.1 Å². The topological polar surface area (TPSA) is 49.8 Å². The number of aromatic nitrogens is 2. The van der Waals surface area contributed by atoms with Gasteiger partial charge >= 0.3 is 0 Å². The lowest BCUT2D eigenvalue weighted by Gasteiger charge is -2.12. The van der Waals surface area contributed by atoms with Crippen molar-refractivity contribution in [1.29, 1.82) is 0 Å². The molecule has 5 heteroatoms. The highest BCUT2D eigenvalue weighted by Gasteiger charge is 2.05. The maximum Gasteiger partial charge on any atom is 0.136 e. The second-order valence-electron chi connectivity index (χ2n) is 5.88. The van der Waals surface area contributed by atoms with E-state index in [0.717, 1.165) is 46.7 Å². The van der Waals surface area contributed by atoms with E-state index in [-0.39, 0.29) is 0 Å². The molecule has 1 heterocycles. The van der Waals surface area contributed by atoms with E-state index in [9.17, 15) is 0 Å². The summed E-state index contributed by atoms with van der Waals surface area (Å²) in [5.41, 5.74) is 2.08. The lowest BCUT2D eigenvalue weighted by atomic mass is 10.1. The molecule has 0 saturated carbocycles. The first kappa shape index (κ1) is 16.6. The van der Waals surface area contributed by atoms with Crippen LogP contribution in [0.5, 0.6) is 0 Å². The van der Waals surface area contributed by atoms with Gasteiger partial charge in [0, 0.05) is 23.3 Å². The first-order chi connectivity index (χ1) is 10.4. The lowest BCUT2D eigenvalue weighted by Crippen LogP contribution is -2.08. The molecule has 1 aromatic heterocycles. The Kier molecular flexibility index (Phi) is 5.61. The maximum atomic E-state index is 5.99. The summed E-state index contributed by atoms with van der Waals surface area (Å²) in [5.74, 6) is 3.04. The number of benzene rings is 1.